The van der Waals surface area contributed by atoms with Gasteiger partial charge in [0.2, 0.25) is 0 Å². The van der Waals surface area contributed by atoms with Crippen LogP contribution in [0.4, 0.5) is 0 Å². The molecule has 0 nitrogen and oxygen atoms in total. The maximum atomic E-state index is 3.67. The normalized spacial score (nSPS) is 17.7. The van der Waals surface area contributed by atoms with E-state index in [1.165, 1.54) is 0 Å². The second kappa shape index (κ2) is 5.24. The predicted octanol–water partition coefficient (Wildman–Crippen LogP) is 3.48. The SMILES string of the molecule is C=CC(Br)C(C)/C=C/Br. The van der Waals surface area contributed by atoms with E-state index < -0.39 is 0 Å². The van der Waals surface area contributed by atoms with Gasteiger partial charge in [0.25, 0.3) is 0 Å². The highest BCUT2D eigenvalue weighted by Gasteiger charge is 2.04. The summed E-state index contributed by atoms with van der Waals surface area (Å²) in [6, 6.07) is 0. The molecule has 0 aliphatic heterocycles. The molecule has 52 valence electrons. The summed E-state index contributed by atoms with van der Waals surface area (Å²) in [4.78, 5) is 2.25. The Hall–Kier alpha value is 0.440. The number of halogens is 2. The molecular weight excluding hydrogens is 244 g/mol. The third kappa shape index (κ3) is 3.93. The van der Waals surface area contributed by atoms with Gasteiger partial charge in [-0.1, -0.05) is 50.9 Å². The van der Waals surface area contributed by atoms with Crippen molar-refractivity contribution in [1.29, 1.82) is 0 Å². The van der Waals surface area contributed by atoms with Crippen molar-refractivity contribution >= 4 is 31.9 Å². The molecular formula is C7H10Br2. The molecule has 0 saturated carbocycles. The van der Waals surface area contributed by atoms with Crippen molar-refractivity contribution in [2.75, 3.05) is 0 Å². The molecule has 2 unspecified atom stereocenters. The molecule has 0 bridgehead atoms. The van der Waals surface area contributed by atoms with Crippen LogP contribution in [-0.4, -0.2) is 4.83 Å². The van der Waals surface area contributed by atoms with Crippen molar-refractivity contribution in [3.63, 3.8) is 0 Å². The maximum Gasteiger partial charge on any atom is 0.0383 e. The molecule has 2 atom stereocenters. The first-order valence-corrected chi connectivity index (χ1v) is 4.59. The van der Waals surface area contributed by atoms with Crippen molar-refractivity contribution in [3.05, 3.63) is 23.7 Å². The van der Waals surface area contributed by atoms with Crippen molar-refractivity contribution in [2.24, 2.45) is 5.92 Å². The van der Waals surface area contributed by atoms with Crippen molar-refractivity contribution in [1.82, 2.24) is 0 Å². The van der Waals surface area contributed by atoms with Gasteiger partial charge in [-0.2, -0.15) is 0 Å². The fourth-order valence-electron chi connectivity index (χ4n) is 0.436. The van der Waals surface area contributed by atoms with Gasteiger partial charge in [0, 0.05) is 4.83 Å². The predicted molar refractivity (Wildman–Crippen MR) is 50.1 cm³/mol. The Balaban J connectivity index is 3.71. The van der Waals surface area contributed by atoms with Crippen LogP contribution in [0.1, 0.15) is 6.92 Å². The van der Waals surface area contributed by atoms with E-state index in [0.717, 1.165) is 0 Å². The number of hydrogen-bond donors (Lipinski definition) is 0. The molecule has 0 aromatic heterocycles. The van der Waals surface area contributed by atoms with Crippen LogP contribution in [0, 0.1) is 5.92 Å². The molecule has 0 aliphatic rings. The highest BCUT2D eigenvalue weighted by molar-refractivity contribution is 9.11. The zero-order valence-corrected chi connectivity index (χ0v) is 8.52. The fraction of sp³-hybridized carbons (Fsp3) is 0.429. The van der Waals surface area contributed by atoms with Gasteiger partial charge >= 0.3 is 0 Å². The van der Waals surface area contributed by atoms with E-state index in [-0.39, 0.29) is 0 Å². The molecule has 0 aromatic carbocycles. The largest absolute Gasteiger partial charge is 0.102 e. The third-order valence-corrected chi connectivity index (χ3v) is 2.62. The van der Waals surface area contributed by atoms with Crippen molar-refractivity contribution < 1.29 is 0 Å². The zero-order chi connectivity index (χ0) is 7.28. The molecule has 0 aromatic rings. The first-order chi connectivity index (χ1) is 4.22. The maximum absolute atomic E-state index is 3.67. The molecule has 0 rings (SSSR count). The lowest BCUT2D eigenvalue weighted by Gasteiger charge is -2.07. The van der Waals surface area contributed by atoms with Gasteiger partial charge in [-0.15, -0.1) is 6.58 Å². The molecule has 0 saturated heterocycles. The van der Waals surface area contributed by atoms with Gasteiger partial charge in [0.1, 0.15) is 0 Å². The third-order valence-electron chi connectivity index (χ3n) is 1.10. The van der Waals surface area contributed by atoms with E-state index in [0.29, 0.717) is 10.7 Å². The Morgan fingerprint density at radius 1 is 1.56 bits per heavy atom. The molecule has 0 spiro atoms. The highest BCUT2D eigenvalue weighted by atomic mass is 79.9. The van der Waals surface area contributed by atoms with Crippen LogP contribution in [0.5, 0.6) is 0 Å². The van der Waals surface area contributed by atoms with E-state index in [9.17, 15) is 0 Å². The molecule has 0 aliphatic carbocycles. The summed E-state index contributed by atoms with van der Waals surface area (Å²) < 4.78 is 0. The summed E-state index contributed by atoms with van der Waals surface area (Å²) in [5.41, 5.74) is 0. The monoisotopic (exact) mass is 252 g/mol. The van der Waals surface area contributed by atoms with Gasteiger partial charge in [0.05, 0.1) is 0 Å². The lowest BCUT2D eigenvalue weighted by atomic mass is 10.1. The van der Waals surface area contributed by atoms with Crippen LogP contribution in [0.3, 0.4) is 0 Å². The van der Waals surface area contributed by atoms with Crippen LogP contribution < -0.4 is 0 Å². The number of hydrogen-bond acceptors (Lipinski definition) is 0. The summed E-state index contributed by atoms with van der Waals surface area (Å²) in [6.45, 7) is 5.79. The van der Waals surface area contributed by atoms with Gasteiger partial charge in [-0.25, -0.2) is 0 Å². The minimum Gasteiger partial charge on any atom is -0.102 e. The first kappa shape index (κ1) is 9.44. The minimum absolute atomic E-state index is 0.381. The van der Waals surface area contributed by atoms with E-state index in [1.54, 1.807) is 0 Å². The molecule has 0 heterocycles. The van der Waals surface area contributed by atoms with Crippen LogP contribution in [-0.2, 0) is 0 Å². The molecule has 2 heteroatoms. The summed E-state index contributed by atoms with van der Waals surface area (Å²) in [5, 5.41) is 0. The molecule has 0 fully saturated rings. The second-order valence-corrected chi connectivity index (χ2v) is 3.44. The van der Waals surface area contributed by atoms with E-state index in [2.05, 4.69) is 51.4 Å². The van der Waals surface area contributed by atoms with E-state index in [1.807, 2.05) is 11.1 Å². The van der Waals surface area contributed by atoms with E-state index in [4.69, 9.17) is 0 Å². The molecule has 0 amide bonds. The summed E-state index contributed by atoms with van der Waals surface area (Å²) in [6.07, 6.45) is 3.96. The van der Waals surface area contributed by atoms with Gasteiger partial charge < -0.3 is 0 Å². The fourth-order valence-corrected chi connectivity index (χ4v) is 1.09. The number of alkyl halides is 1. The quantitative estimate of drug-likeness (QED) is 0.534. The number of rotatable bonds is 3. The van der Waals surface area contributed by atoms with Crippen LogP contribution in [0.15, 0.2) is 23.7 Å². The standard InChI is InChI=1S/C7H10Br2/c1-3-7(9)6(2)4-5-8/h3-7H,1H2,2H3/b5-4+. The van der Waals surface area contributed by atoms with E-state index >= 15 is 0 Å². The zero-order valence-electron chi connectivity index (χ0n) is 5.35. The average molecular weight is 254 g/mol. The Bertz CT molecular complexity index is 107. The molecule has 0 radical (unpaired) electrons. The lowest BCUT2D eigenvalue weighted by Crippen LogP contribution is -2.02. The first-order valence-electron chi connectivity index (χ1n) is 2.76. The number of allylic oxidation sites excluding steroid dienone is 2. The van der Waals surface area contributed by atoms with Crippen LogP contribution >= 0.6 is 31.9 Å². The smallest absolute Gasteiger partial charge is 0.0383 e. The Morgan fingerprint density at radius 3 is 2.44 bits per heavy atom. The topological polar surface area (TPSA) is 0 Å². The van der Waals surface area contributed by atoms with Crippen molar-refractivity contribution in [3.8, 4) is 0 Å². The van der Waals surface area contributed by atoms with Gasteiger partial charge in [-0.3, -0.25) is 0 Å². The summed E-state index contributed by atoms with van der Waals surface area (Å²) >= 11 is 6.66. The molecule has 0 N–H and O–H groups in total. The Morgan fingerprint density at radius 2 is 2.11 bits per heavy atom. The second-order valence-electron chi connectivity index (χ2n) is 1.86. The summed E-state index contributed by atoms with van der Waals surface area (Å²) in [5.74, 6) is 0.502. The highest BCUT2D eigenvalue weighted by Crippen LogP contribution is 2.14. The minimum atomic E-state index is 0.381. The van der Waals surface area contributed by atoms with Crippen LogP contribution in [0.2, 0.25) is 0 Å². The Labute approximate surface area is 73.3 Å². The van der Waals surface area contributed by atoms with Crippen molar-refractivity contribution in [2.45, 2.75) is 11.8 Å². The van der Waals surface area contributed by atoms with Crippen LogP contribution in [0.25, 0.3) is 0 Å². The Kier molecular flexibility index (Phi) is 5.50. The average Bonchev–Trinajstić information content (AvgIpc) is 1.87. The summed E-state index contributed by atoms with van der Waals surface area (Å²) in [7, 11) is 0. The molecule has 9 heavy (non-hydrogen) atoms. The van der Waals surface area contributed by atoms with Gasteiger partial charge in [0.15, 0.2) is 0 Å². The lowest BCUT2D eigenvalue weighted by molar-refractivity contribution is 0.773. The van der Waals surface area contributed by atoms with Gasteiger partial charge in [-0.05, 0) is 10.9 Å².